The SMILES string of the molecule is CCCCCCCCCC(=O)OC.CCCCCCCCCCCCCCCCCC(=O)OC. The van der Waals surface area contributed by atoms with Crippen molar-refractivity contribution in [3.05, 3.63) is 0 Å². The molecule has 204 valence electrons. The normalized spacial score (nSPS) is 10.5. The van der Waals surface area contributed by atoms with Crippen LogP contribution in [0.2, 0.25) is 0 Å². The first-order chi connectivity index (χ1) is 16.6. The molecule has 0 bridgehead atoms. The van der Waals surface area contributed by atoms with Crippen LogP contribution in [0.15, 0.2) is 0 Å². The van der Waals surface area contributed by atoms with Crippen LogP contribution in [0.1, 0.15) is 168 Å². The Balaban J connectivity index is 0. The fourth-order valence-electron chi connectivity index (χ4n) is 4.07. The summed E-state index contributed by atoms with van der Waals surface area (Å²) >= 11 is 0. The largest absolute Gasteiger partial charge is 0.469 e. The van der Waals surface area contributed by atoms with E-state index in [1.54, 1.807) is 0 Å². The second-order valence-corrected chi connectivity index (χ2v) is 9.72. The Bertz CT molecular complexity index is 409. The minimum absolute atomic E-state index is 0.0651. The van der Waals surface area contributed by atoms with Crippen LogP contribution in [-0.4, -0.2) is 26.2 Å². The maximum absolute atomic E-state index is 10.9. The Morgan fingerprint density at radius 2 is 0.588 bits per heavy atom. The summed E-state index contributed by atoms with van der Waals surface area (Å²) in [4.78, 5) is 21.6. The van der Waals surface area contributed by atoms with Crippen LogP contribution in [0.5, 0.6) is 0 Å². The number of unbranched alkanes of at least 4 members (excludes halogenated alkanes) is 20. The molecule has 0 saturated heterocycles. The molecule has 34 heavy (non-hydrogen) atoms. The highest BCUT2D eigenvalue weighted by molar-refractivity contribution is 5.69. The molecule has 0 atom stereocenters. The molecule has 0 aromatic carbocycles. The molecule has 0 saturated carbocycles. The second-order valence-electron chi connectivity index (χ2n) is 9.72. The summed E-state index contributed by atoms with van der Waals surface area (Å²) in [6, 6.07) is 0. The highest BCUT2D eigenvalue weighted by atomic mass is 16.5. The molecule has 0 rings (SSSR count). The molecular weight excluding hydrogens is 424 g/mol. The predicted molar refractivity (Wildman–Crippen MR) is 146 cm³/mol. The van der Waals surface area contributed by atoms with Crippen LogP contribution in [0.25, 0.3) is 0 Å². The Kier molecular flexibility index (Phi) is 33.0. The quantitative estimate of drug-likeness (QED) is 0.101. The number of methoxy groups -OCH3 is 2. The van der Waals surface area contributed by atoms with Gasteiger partial charge in [0.1, 0.15) is 0 Å². The molecule has 4 nitrogen and oxygen atoms in total. The highest BCUT2D eigenvalue weighted by Gasteiger charge is 2.00. The number of esters is 2. The van der Waals surface area contributed by atoms with Crippen molar-refractivity contribution in [2.75, 3.05) is 14.2 Å². The van der Waals surface area contributed by atoms with Gasteiger partial charge in [0, 0.05) is 12.8 Å². The van der Waals surface area contributed by atoms with Crippen LogP contribution in [0.4, 0.5) is 0 Å². The summed E-state index contributed by atoms with van der Waals surface area (Å²) in [5.41, 5.74) is 0. The van der Waals surface area contributed by atoms with Gasteiger partial charge in [-0.2, -0.15) is 0 Å². The molecule has 0 aromatic rings. The number of rotatable bonds is 24. The lowest BCUT2D eigenvalue weighted by Gasteiger charge is -2.03. The number of hydrogen-bond donors (Lipinski definition) is 0. The van der Waals surface area contributed by atoms with Gasteiger partial charge in [-0.25, -0.2) is 0 Å². The molecule has 0 aliphatic carbocycles. The van der Waals surface area contributed by atoms with Gasteiger partial charge in [0.15, 0.2) is 0 Å². The minimum atomic E-state index is -0.0754. The third-order valence-electron chi connectivity index (χ3n) is 6.42. The monoisotopic (exact) mass is 484 g/mol. The van der Waals surface area contributed by atoms with E-state index in [0.29, 0.717) is 12.8 Å². The minimum Gasteiger partial charge on any atom is -0.469 e. The first-order valence-corrected chi connectivity index (χ1v) is 14.8. The third kappa shape index (κ3) is 33.1. The van der Waals surface area contributed by atoms with Gasteiger partial charge in [-0.3, -0.25) is 9.59 Å². The maximum Gasteiger partial charge on any atom is 0.305 e. The Morgan fingerprint density at radius 1 is 0.382 bits per heavy atom. The molecule has 0 heterocycles. The van der Waals surface area contributed by atoms with Crippen molar-refractivity contribution >= 4 is 11.9 Å². The zero-order chi connectivity index (χ0) is 25.5. The van der Waals surface area contributed by atoms with E-state index in [2.05, 4.69) is 23.3 Å². The summed E-state index contributed by atoms with van der Waals surface area (Å²) in [7, 11) is 2.91. The van der Waals surface area contributed by atoms with E-state index >= 15 is 0 Å². The predicted octanol–water partition coefficient (Wildman–Crippen LogP) is 9.72. The average molecular weight is 485 g/mol. The lowest BCUT2D eigenvalue weighted by molar-refractivity contribution is -0.141. The van der Waals surface area contributed by atoms with Crippen LogP contribution in [0, 0.1) is 0 Å². The zero-order valence-corrected chi connectivity index (χ0v) is 23.6. The Morgan fingerprint density at radius 3 is 0.794 bits per heavy atom. The van der Waals surface area contributed by atoms with Crippen molar-refractivity contribution in [1.82, 2.24) is 0 Å². The van der Waals surface area contributed by atoms with Gasteiger partial charge in [0.2, 0.25) is 0 Å². The highest BCUT2D eigenvalue weighted by Crippen LogP contribution is 2.14. The molecule has 0 aromatic heterocycles. The zero-order valence-electron chi connectivity index (χ0n) is 23.6. The van der Waals surface area contributed by atoms with Crippen LogP contribution in [-0.2, 0) is 19.1 Å². The van der Waals surface area contributed by atoms with Gasteiger partial charge in [0.25, 0.3) is 0 Å². The molecule has 0 aliphatic rings. The van der Waals surface area contributed by atoms with Crippen molar-refractivity contribution < 1.29 is 19.1 Å². The van der Waals surface area contributed by atoms with Crippen LogP contribution < -0.4 is 0 Å². The summed E-state index contributed by atoms with van der Waals surface area (Å²) < 4.78 is 9.19. The van der Waals surface area contributed by atoms with Gasteiger partial charge in [-0.15, -0.1) is 0 Å². The number of carbonyl (C=O) groups is 2. The first kappa shape index (κ1) is 35.1. The van der Waals surface area contributed by atoms with Crippen LogP contribution >= 0.6 is 0 Å². The molecule has 4 heteroatoms. The Labute approximate surface area is 213 Å². The standard InChI is InChI=1S/C19H38O2.C11H22O2/c1-3-4-5-6-7-8-9-10-11-12-13-14-15-16-17-18-19(20)21-2;1-3-4-5-6-7-8-9-10-11(12)13-2/h3-18H2,1-2H3;3-10H2,1-2H3. The van der Waals surface area contributed by atoms with E-state index in [1.165, 1.54) is 143 Å². The topological polar surface area (TPSA) is 52.6 Å². The number of ether oxygens (including phenoxy) is 2. The van der Waals surface area contributed by atoms with E-state index < -0.39 is 0 Å². The molecule has 0 spiro atoms. The van der Waals surface area contributed by atoms with Crippen molar-refractivity contribution in [3.8, 4) is 0 Å². The third-order valence-corrected chi connectivity index (χ3v) is 6.42. The molecule has 0 aliphatic heterocycles. The summed E-state index contributed by atoms with van der Waals surface area (Å²) in [6.45, 7) is 4.50. The van der Waals surface area contributed by atoms with Crippen molar-refractivity contribution in [1.29, 1.82) is 0 Å². The van der Waals surface area contributed by atoms with Gasteiger partial charge in [-0.1, -0.05) is 142 Å². The fraction of sp³-hybridized carbons (Fsp3) is 0.933. The number of carbonyl (C=O) groups excluding carboxylic acids is 2. The van der Waals surface area contributed by atoms with Crippen molar-refractivity contribution in [2.45, 2.75) is 168 Å². The maximum atomic E-state index is 10.9. The molecule has 0 fully saturated rings. The molecule has 0 unspecified atom stereocenters. The average Bonchev–Trinajstić information content (AvgIpc) is 2.85. The summed E-state index contributed by atoms with van der Waals surface area (Å²) in [6.07, 6.45) is 30.2. The molecule has 0 amide bonds. The molecular formula is C30H60O4. The molecule has 0 N–H and O–H groups in total. The first-order valence-electron chi connectivity index (χ1n) is 14.8. The summed E-state index contributed by atoms with van der Waals surface area (Å²) in [5, 5.41) is 0. The smallest absolute Gasteiger partial charge is 0.305 e. The molecule has 0 radical (unpaired) electrons. The lowest BCUT2D eigenvalue weighted by atomic mass is 10.0. The lowest BCUT2D eigenvalue weighted by Crippen LogP contribution is -1.99. The van der Waals surface area contributed by atoms with Gasteiger partial charge in [-0.05, 0) is 12.8 Å². The van der Waals surface area contributed by atoms with Crippen molar-refractivity contribution in [3.63, 3.8) is 0 Å². The summed E-state index contributed by atoms with van der Waals surface area (Å²) in [5.74, 6) is -0.141. The van der Waals surface area contributed by atoms with E-state index in [-0.39, 0.29) is 11.9 Å². The fourth-order valence-corrected chi connectivity index (χ4v) is 4.07. The van der Waals surface area contributed by atoms with E-state index in [9.17, 15) is 9.59 Å². The van der Waals surface area contributed by atoms with Gasteiger partial charge in [0.05, 0.1) is 14.2 Å². The van der Waals surface area contributed by atoms with Crippen LogP contribution in [0.3, 0.4) is 0 Å². The second kappa shape index (κ2) is 31.9. The number of hydrogen-bond acceptors (Lipinski definition) is 4. The van der Waals surface area contributed by atoms with Gasteiger partial charge < -0.3 is 9.47 Å². The Hall–Kier alpha value is -1.06. The van der Waals surface area contributed by atoms with E-state index in [1.807, 2.05) is 0 Å². The van der Waals surface area contributed by atoms with E-state index in [0.717, 1.165) is 12.8 Å². The van der Waals surface area contributed by atoms with Gasteiger partial charge >= 0.3 is 11.9 Å². The van der Waals surface area contributed by atoms with Crippen molar-refractivity contribution in [2.24, 2.45) is 0 Å². The van der Waals surface area contributed by atoms with E-state index in [4.69, 9.17) is 0 Å².